The number of nitrogens with zero attached hydrogens (tertiary/aromatic N) is 3. The average molecular weight is 573 g/mol. The molecule has 39 heavy (non-hydrogen) atoms. The number of carbonyl (C=O) groups is 1. The molecule has 0 saturated carbocycles. The van der Waals surface area contributed by atoms with Crippen LogP contribution in [-0.2, 0) is 4.74 Å². The highest BCUT2D eigenvalue weighted by Gasteiger charge is 2.47. The first kappa shape index (κ1) is 27.6. The number of benzene rings is 1. The lowest BCUT2D eigenvalue weighted by atomic mass is 9.85. The molecule has 1 saturated heterocycles. The fourth-order valence-corrected chi connectivity index (χ4v) is 6.78. The lowest BCUT2D eigenvalue weighted by Gasteiger charge is -2.36. The molecular formula is C29H31ClF2N4O2S. The van der Waals surface area contributed by atoms with Crippen LogP contribution in [-0.4, -0.2) is 60.2 Å². The molecule has 5 rings (SSSR count). The third-order valence-corrected chi connectivity index (χ3v) is 8.78. The third kappa shape index (κ3) is 5.57. The molecule has 1 N–H and O–H groups in total. The summed E-state index contributed by atoms with van der Waals surface area (Å²) in [4.78, 5) is 24.3. The first-order valence-electron chi connectivity index (χ1n) is 12.8. The minimum atomic E-state index is -0.993. The van der Waals surface area contributed by atoms with Gasteiger partial charge in [0.05, 0.1) is 30.3 Å². The predicted molar refractivity (Wildman–Crippen MR) is 154 cm³/mol. The molecule has 1 amide bonds. The molecule has 6 nitrogen and oxygen atoms in total. The van der Waals surface area contributed by atoms with E-state index in [2.05, 4.69) is 23.7 Å². The highest BCUT2D eigenvalue weighted by molar-refractivity contribution is 8.03. The van der Waals surface area contributed by atoms with Gasteiger partial charge in [-0.05, 0) is 42.5 Å². The normalized spacial score (nSPS) is 28.5. The number of allylic oxidation sites excluding steroid dienone is 3. The molecule has 206 valence electrons. The number of amides is 1. The average Bonchev–Trinajstić information content (AvgIpc) is 3.60. The van der Waals surface area contributed by atoms with E-state index in [1.807, 2.05) is 23.6 Å². The van der Waals surface area contributed by atoms with Crippen molar-refractivity contribution in [1.82, 2.24) is 10.2 Å². The largest absolute Gasteiger partial charge is 0.453 e. The Balaban J connectivity index is 1.65. The molecule has 0 radical (unpaired) electrons. The minimum absolute atomic E-state index is 0.0969. The standard InChI is InChI=1S/C29H31ClF2N4O2S/c1-16-9-10-39-26(16)27-35-25(20-7-5-18(32)12-21(20)30)24(22-8-6-19(34-22)11-17(2)31)23-13-29(3,15-36(23)27)14-33-28(37)38-4/h5-10,12,17,19,25-26H,1,11,13-15H2,2-4H3,(H,33,37)/t17?,19?,25-,26?,29-/m0/s1. The van der Waals surface area contributed by atoms with Crippen molar-refractivity contribution in [1.29, 1.82) is 0 Å². The first-order chi connectivity index (χ1) is 18.6. The van der Waals surface area contributed by atoms with Crippen LogP contribution in [0.3, 0.4) is 0 Å². The molecule has 0 spiro atoms. The van der Waals surface area contributed by atoms with Crippen molar-refractivity contribution >= 4 is 41.0 Å². The van der Waals surface area contributed by atoms with E-state index in [0.29, 0.717) is 25.1 Å². The monoisotopic (exact) mass is 572 g/mol. The van der Waals surface area contributed by atoms with Crippen LogP contribution in [0.15, 0.2) is 75.2 Å². The van der Waals surface area contributed by atoms with Gasteiger partial charge in [0.2, 0.25) is 0 Å². The number of fused-ring (bicyclic) bond motifs is 1. The lowest BCUT2D eigenvalue weighted by molar-refractivity contribution is 0.164. The van der Waals surface area contributed by atoms with E-state index in [1.54, 1.807) is 17.8 Å². The number of hydrogen-bond donors (Lipinski definition) is 1. The molecule has 4 aliphatic rings. The van der Waals surface area contributed by atoms with Crippen LogP contribution in [0.2, 0.25) is 5.02 Å². The second-order valence-corrected chi connectivity index (χ2v) is 12.1. The summed E-state index contributed by atoms with van der Waals surface area (Å²) in [6, 6.07) is 3.52. The van der Waals surface area contributed by atoms with Crippen molar-refractivity contribution < 1.29 is 18.3 Å². The van der Waals surface area contributed by atoms with Gasteiger partial charge in [0, 0.05) is 46.8 Å². The lowest BCUT2D eigenvalue weighted by Crippen LogP contribution is -2.42. The van der Waals surface area contributed by atoms with Gasteiger partial charge in [0.25, 0.3) is 0 Å². The summed E-state index contributed by atoms with van der Waals surface area (Å²) in [6.07, 6.45) is 5.24. The number of alkyl halides is 1. The molecule has 4 aliphatic heterocycles. The van der Waals surface area contributed by atoms with Gasteiger partial charge in [-0.25, -0.2) is 13.6 Å². The van der Waals surface area contributed by atoms with Gasteiger partial charge >= 0.3 is 6.09 Å². The summed E-state index contributed by atoms with van der Waals surface area (Å²) in [5.41, 5.74) is 3.85. The van der Waals surface area contributed by atoms with Crippen LogP contribution >= 0.6 is 23.4 Å². The summed E-state index contributed by atoms with van der Waals surface area (Å²) < 4.78 is 32.7. The number of rotatable bonds is 7. The summed E-state index contributed by atoms with van der Waals surface area (Å²) in [6.45, 7) is 8.87. The van der Waals surface area contributed by atoms with Gasteiger partial charge < -0.3 is 15.0 Å². The Labute approximate surface area is 236 Å². The van der Waals surface area contributed by atoms with E-state index < -0.39 is 24.1 Å². The van der Waals surface area contributed by atoms with Gasteiger partial charge in [-0.15, -0.1) is 11.8 Å². The van der Waals surface area contributed by atoms with E-state index in [9.17, 15) is 13.6 Å². The molecule has 5 atom stereocenters. The SMILES string of the molecule is C=C1C=CSC1C1=N[C@@H](c2ccc(F)cc2Cl)C(C2=NC(CC(C)F)C=C2)=C2C[C@@](C)(CNC(=O)OC)CN12. The fourth-order valence-electron chi connectivity index (χ4n) is 5.54. The number of hydrogen-bond acceptors (Lipinski definition) is 6. The van der Waals surface area contributed by atoms with Crippen molar-refractivity contribution in [2.75, 3.05) is 20.2 Å². The number of methoxy groups -OCH3 is 1. The Morgan fingerprint density at radius 3 is 2.85 bits per heavy atom. The van der Waals surface area contributed by atoms with E-state index in [1.165, 1.54) is 26.2 Å². The molecule has 3 unspecified atom stereocenters. The Kier molecular flexibility index (Phi) is 7.75. The summed E-state index contributed by atoms with van der Waals surface area (Å²) in [5, 5.41) is 5.04. The maximum atomic E-state index is 14.1. The van der Waals surface area contributed by atoms with Crippen LogP contribution < -0.4 is 5.32 Å². The van der Waals surface area contributed by atoms with Crippen molar-refractivity contribution in [2.24, 2.45) is 15.4 Å². The number of carbonyl (C=O) groups excluding carboxylic acids is 1. The molecule has 1 fully saturated rings. The van der Waals surface area contributed by atoms with Gasteiger partial charge in [0.15, 0.2) is 0 Å². The van der Waals surface area contributed by atoms with Crippen molar-refractivity contribution in [3.63, 3.8) is 0 Å². The van der Waals surface area contributed by atoms with Gasteiger partial charge in [-0.2, -0.15) is 0 Å². The third-order valence-electron chi connectivity index (χ3n) is 7.38. The van der Waals surface area contributed by atoms with Crippen LogP contribution in [0.25, 0.3) is 0 Å². The van der Waals surface area contributed by atoms with Crippen LogP contribution in [0.5, 0.6) is 0 Å². The molecule has 10 heteroatoms. The molecule has 1 aromatic carbocycles. The number of ether oxygens (including phenoxy) is 1. The zero-order valence-electron chi connectivity index (χ0n) is 22.1. The van der Waals surface area contributed by atoms with Crippen molar-refractivity contribution in [2.45, 2.75) is 50.2 Å². The van der Waals surface area contributed by atoms with Crippen LogP contribution in [0.4, 0.5) is 13.6 Å². The van der Waals surface area contributed by atoms with E-state index in [0.717, 1.165) is 28.4 Å². The van der Waals surface area contributed by atoms with E-state index >= 15 is 0 Å². The molecule has 0 aromatic heterocycles. The molecule has 1 aromatic rings. The van der Waals surface area contributed by atoms with Gasteiger partial charge in [-0.1, -0.05) is 43.3 Å². The molecule has 0 aliphatic carbocycles. The number of nitrogens with one attached hydrogen (secondary N) is 1. The van der Waals surface area contributed by atoms with Crippen molar-refractivity contribution in [3.8, 4) is 0 Å². The van der Waals surface area contributed by atoms with Crippen LogP contribution in [0, 0.1) is 11.2 Å². The highest BCUT2D eigenvalue weighted by atomic mass is 35.5. The Morgan fingerprint density at radius 1 is 1.38 bits per heavy atom. The Hall–Kier alpha value is -2.91. The summed E-state index contributed by atoms with van der Waals surface area (Å²) in [7, 11) is 1.34. The zero-order valence-corrected chi connectivity index (χ0v) is 23.7. The smallest absolute Gasteiger partial charge is 0.406 e. The number of aliphatic imine (C=N–C) groups is 2. The van der Waals surface area contributed by atoms with Gasteiger partial charge in [0.1, 0.15) is 17.7 Å². The maximum Gasteiger partial charge on any atom is 0.406 e. The van der Waals surface area contributed by atoms with Crippen LogP contribution in [0.1, 0.15) is 38.3 Å². The maximum absolute atomic E-state index is 14.1. The number of alkyl carbamates (subject to hydrolysis) is 1. The summed E-state index contributed by atoms with van der Waals surface area (Å²) in [5.74, 6) is 0.401. The second-order valence-electron chi connectivity index (χ2n) is 10.7. The molecule has 4 heterocycles. The summed E-state index contributed by atoms with van der Waals surface area (Å²) >= 11 is 8.25. The molecular weight excluding hydrogens is 542 g/mol. The first-order valence-corrected chi connectivity index (χ1v) is 14.2. The fraction of sp³-hybridized carbons (Fsp3) is 0.414. The topological polar surface area (TPSA) is 66.3 Å². The van der Waals surface area contributed by atoms with Gasteiger partial charge in [-0.3, -0.25) is 9.98 Å². The number of amidine groups is 1. The Morgan fingerprint density at radius 2 is 2.18 bits per heavy atom. The van der Waals surface area contributed by atoms with Crippen molar-refractivity contribution in [3.05, 3.63) is 81.7 Å². The zero-order chi connectivity index (χ0) is 27.9. The minimum Gasteiger partial charge on any atom is -0.453 e. The highest BCUT2D eigenvalue weighted by Crippen LogP contribution is 2.49. The van der Waals surface area contributed by atoms with E-state index in [4.69, 9.17) is 26.3 Å². The quantitative estimate of drug-likeness (QED) is 0.401. The Bertz CT molecular complexity index is 1350. The molecule has 0 bridgehead atoms. The number of thioether (sulfide) groups is 1. The number of halogens is 3. The predicted octanol–water partition coefficient (Wildman–Crippen LogP) is 6.57. The van der Waals surface area contributed by atoms with E-state index in [-0.39, 0.29) is 28.2 Å². The second kappa shape index (κ2) is 10.9.